The molecule has 0 saturated heterocycles. The highest BCUT2D eigenvalue weighted by Crippen LogP contribution is 2.12. The fraction of sp³-hybridized carbons (Fsp3) is 0.400. The SMILES string of the molecule is C=CC.O=C(O)CCC(=O)O.O=C(O)CCCCCCCC(=O)O.O=C(O)c1ccc(C(=O)O)c(C(=O)O)c1. The summed E-state index contributed by atoms with van der Waals surface area (Å²) >= 11 is 0. The Hall–Kier alpha value is -4.75. The maximum Gasteiger partial charge on any atom is 0.336 e. The van der Waals surface area contributed by atoms with Crippen LogP contribution >= 0.6 is 0 Å². The molecular formula is C25H34O14. The molecule has 0 heterocycles. The number of aromatic carboxylic acids is 3. The van der Waals surface area contributed by atoms with Crippen LogP contribution in [0.5, 0.6) is 0 Å². The van der Waals surface area contributed by atoms with Crippen LogP contribution in [0, 0.1) is 0 Å². The highest BCUT2D eigenvalue weighted by Gasteiger charge is 2.18. The van der Waals surface area contributed by atoms with Gasteiger partial charge in [-0.3, -0.25) is 19.2 Å². The number of aliphatic carboxylic acids is 4. The Morgan fingerprint density at radius 2 is 0.897 bits per heavy atom. The smallest absolute Gasteiger partial charge is 0.336 e. The Labute approximate surface area is 223 Å². The first-order chi connectivity index (χ1) is 18.1. The Bertz CT molecular complexity index is 949. The van der Waals surface area contributed by atoms with E-state index in [9.17, 15) is 33.6 Å². The van der Waals surface area contributed by atoms with Crippen molar-refractivity contribution in [2.75, 3.05) is 0 Å². The second-order valence-electron chi connectivity index (χ2n) is 7.43. The number of rotatable bonds is 14. The predicted molar refractivity (Wildman–Crippen MR) is 135 cm³/mol. The molecule has 0 radical (unpaired) electrons. The average Bonchev–Trinajstić information content (AvgIpc) is 2.82. The molecule has 1 rings (SSSR count). The van der Waals surface area contributed by atoms with Crippen LogP contribution in [0.15, 0.2) is 30.9 Å². The molecule has 0 aliphatic carbocycles. The van der Waals surface area contributed by atoms with Crippen molar-refractivity contribution in [2.45, 2.75) is 64.7 Å². The van der Waals surface area contributed by atoms with Crippen LogP contribution < -0.4 is 0 Å². The lowest BCUT2D eigenvalue weighted by molar-refractivity contribution is -0.143. The van der Waals surface area contributed by atoms with E-state index in [0.29, 0.717) is 12.8 Å². The van der Waals surface area contributed by atoms with Crippen LogP contribution in [0.2, 0.25) is 0 Å². The monoisotopic (exact) mass is 558 g/mol. The van der Waals surface area contributed by atoms with E-state index in [1.165, 1.54) is 0 Å². The number of carbonyl (C=O) groups is 7. The molecular weight excluding hydrogens is 524 g/mol. The molecule has 218 valence electrons. The maximum absolute atomic E-state index is 10.6. The van der Waals surface area contributed by atoms with Crippen molar-refractivity contribution in [1.29, 1.82) is 0 Å². The number of carboxylic acid groups (broad SMARTS) is 7. The molecule has 0 bridgehead atoms. The molecule has 39 heavy (non-hydrogen) atoms. The molecule has 0 aromatic heterocycles. The van der Waals surface area contributed by atoms with Gasteiger partial charge in [-0.2, -0.15) is 0 Å². The van der Waals surface area contributed by atoms with Crippen molar-refractivity contribution >= 4 is 41.8 Å². The van der Waals surface area contributed by atoms with E-state index < -0.39 is 52.9 Å². The van der Waals surface area contributed by atoms with Gasteiger partial charge in [-0.1, -0.05) is 25.3 Å². The molecule has 7 N–H and O–H groups in total. The lowest BCUT2D eigenvalue weighted by Crippen LogP contribution is -2.10. The van der Waals surface area contributed by atoms with Gasteiger partial charge in [0.15, 0.2) is 0 Å². The summed E-state index contributed by atoms with van der Waals surface area (Å²) in [6.45, 7) is 5.25. The van der Waals surface area contributed by atoms with Crippen molar-refractivity contribution in [2.24, 2.45) is 0 Å². The molecule has 0 spiro atoms. The molecule has 1 aromatic rings. The molecule has 0 saturated carbocycles. The molecule has 14 heteroatoms. The van der Waals surface area contributed by atoms with Gasteiger partial charge in [0.1, 0.15) is 0 Å². The Morgan fingerprint density at radius 1 is 0.564 bits per heavy atom. The first-order valence-electron chi connectivity index (χ1n) is 11.4. The van der Waals surface area contributed by atoms with Crippen LogP contribution in [0.1, 0.15) is 95.8 Å². The van der Waals surface area contributed by atoms with E-state index in [-0.39, 0.29) is 31.2 Å². The third kappa shape index (κ3) is 26.1. The van der Waals surface area contributed by atoms with Crippen LogP contribution in [-0.2, 0) is 19.2 Å². The number of hydrogen-bond acceptors (Lipinski definition) is 7. The molecule has 0 fully saturated rings. The van der Waals surface area contributed by atoms with Gasteiger partial charge in [0.2, 0.25) is 0 Å². The summed E-state index contributed by atoms with van der Waals surface area (Å²) in [4.78, 5) is 71.2. The minimum atomic E-state index is -1.48. The molecule has 0 atom stereocenters. The number of allylic oxidation sites excluding steroid dienone is 1. The van der Waals surface area contributed by atoms with Gasteiger partial charge in [0, 0.05) is 12.8 Å². The summed E-state index contributed by atoms with van der Waals surface area (Å²) in [6.07, 6.45) is 5.69. The molecule has 14 nitrogen and oxygen atoms in total. The third-order valence-electron chi connectivity index (χ3n) is 4.06. The minimum Gasteiger partial charge on any atom is -0.481 e. The second kappa shape index (κ2) is 23.6. The quantitative estimate of drug-likeness (QED) is 0.126. The van der Waals surface area contributed by atoms with Gasteiger partial charge in [-0.15, -0.1) is 6.58 Å². The summed E-state index contributed by atoms with van der Waals surface area (Å²) in [7, 11) is 0. The van der Waals surface area contributed by atoms with Crippen LogP contribution in [0.4, 0.5) is 0 Å². The fourth-order valence-electron chi connectivity index (χ4n) is 2.34. The number of benzene rings is 1. The largest absolute Gasteiger partial charge is 0.481 e. The minimum absolute atomic E-state index is 0.221. The average molecular weight is 559 g/mol. The van der Waals surface area contributed by atoms with Crippen molar-refractivity contribution < 1.29 is 69.3 Å². The van der Waals surface area contributed by atoms with Gasteiger partial charge >= 0.3 is 41.8 Å². The van der Waals surface area contributed by atoms with Gasteiger partial charge in [-0.05, 0) is 38.0 Å². The maximum atomic E-state index is 10.6. The molecule has 0 aliphatic rings. The van der Waals surface area contributed by atoms with Crippen molar-refractivity contribution in [3.8, 4) is 0 Å². The standard InChI is InChI=1S/C9H6O6.C9H16O4.C4H6O4.C3H6/c10-7(11)4-1-2-5(8(12)13)6(3-4)9(14)15;10-8(11)6-4-2-1-3-5-7-9(12)13;5-3(6)1-2-4(7)8;1-3-2/h1-3H,(H,10,11)(H,12,13)(H,14,15);1-7H2,(H,10,11)(H,12,13);1-2H2,(H,5,6)(H,7,8);3H,1H2,2H3. The third-order valence-corrected chi connectivity index (χ3v) is 4.06. The van der Waals surface area contributed by atoms with Crippen molar-refractivity contribution in [3.05, 3.63) is 47.5 Å². The molecule has 1 aromatic carbocycles. The van der Waals surface area contributed by atoms with Gasteiger partial charge in [0.25, 0.3) is 0 Å². The number of hydrogen-bond donors (Lipinski definition) is 7. The zero-order chi connectivity index (χ0) is 31.0. The topological polar surface area (TPSA) is 261 Å². The fourth-order valence-corrected chi connectivity index (χ4v) is 2.34. The van der Waals surface area contributed by atoms with Crippen LogP contribution in [0.3, 0.4) is 0 Å². The summed E-state index contributed by atoms with van der Waals surface area (Å²) in [5.41, 5.74) is -1.24. The highest BCUT2D eigenvalue weighted by atomic mass is 16.4. The lowest BCUT2D eigenvalue weighted by Gasteiger charge is -2.02. The first-order valence-corrected chi connectivity index (χ1v) is 11.4. The zero-order valence-electron chi connectivity index (χ0n) is 21.4. The van der Waals surface area contributed by atoms with Gasteiger partial charge in [0.05, 0.1) is 29.5 Å². The summed E-state index contributed by atoms with van der Waals surface area (Å²) in [5.74, 6) is -7.87. The van der Waals surface area contributed by atoms with Crippen LogP contribution in [-0.4, -0.2) is 77.5 Å². The molecule has 0 amide bonds. The second-order valence-corrected chi connectivity index (χ2v) is 7.43. The van der Waals surface area contributed by atoms with E-state index >= 15 is 0 Å². The lowest BCUT2D eigenvalue weighted by atomic mass is 10.0. The van der Waals surface area contributed by atoms with Crippen molar-refractivity contribution in [1.82, 2.24) is 0 Å². The summed E-state index contributed by atoms with van der Waals surface area (Å²) in [6, 6.07) is 2.81. The van der Waals surface area contributed by atoms with E-state index in [1.54, 1.807) is 6.08 Å². The molecule has 0 unspecified atom stereocenters. The van der Waals surface area contributed by atoms with Gasteiger partial charge < -0.3 is 35.7 Å². The Balaban J connectivity index is -0.000000492. The number of carboxylic acids is 7. The van der Waals surface area contributed by atoms with E-state index in [2.05, 4.69) is 6.58 Å². The summed E-state index contributed by atoms with van der Waals surface area (Å²) < 4.78 is 0. The van der Waals surface area contributed by atoms with E-state index in [4.69, 9.17) is 35.7 Å². The molecule has 0 aliphatic heterocycles. The Kier molecular flexibility index (Phi) is 23.5. The normalized spacial score (nSPS) is 9.05. The van der Waals surface area contributed by atoms with E-state index in [0.717, 1.165) is 37.5 Å². The predicted octanol–water partition coefficient (Wildman–Crippen LogP) is 3.80. The first kappa shape index (κ1) is 38.8. The zero-order valence-corrected chi connectivity index (χ0v) is 21.4. The number of unbranched alkanes of at least 4 members (excludes halogenated alkanes) is 4. The van der Waals surface area contributed by atoms with Crippen molar-refractivity contribution in [3.63, 3.8) is 0 Å². The van der Waals surface area contributed by atoms with Crippen LogP contribution in [0.25, 0.3) is 0 Å². The Morgan fingerprint density at radius 3 is 1.18 bits per heavy atom. The summed E-state index contributed by atoms with van der Waals surface area (Å²) in [5, 5.41) is 58.3. The highest BCUT2D eigenvalue weighted by molar-refractivity contribution is 6.03. The van der Waals surface area contributed by atoms with Gasteiger partial charge in [-0.25, -0.2) is 14.4 Å². The van der Waals surface area contributed by atoms with E-state index in [1.807, 2.05) is 6.92 Å².